The standard InChI is InChI=1S/C18H20O2/c1-12-6-5-7-16(10-12)17(19)11-20-18-14(3)8-13(2)9-15(18)4/h5-10H,11H2,1-4H3. The van der Waals surface area contributed by atoms with Gasteiger partial charge in [0.15, 0.2) is 12.4 Å². The molecule has 0 saturated carbocycles. The van der Waals surface area contributed by atoms with Crippen LogP contribution < -0.4 is 4.74 Å². The van der Waals surface area contributed by atoms with Gasteiger partial charge in [-0.05, 0) is 44.9 Å². The molecule has 0 spiro atoms. The monoisotopic (exact) mass is 268 g/mol. The molecule has 2 heteroatoms. The number of carbonyl (C=O) groups is 1. The maximum atomic E-state index is 12.1. The van der Waals surface area contributed by atoms with Gasteiger partial charge in [-0.3, -0.25) is 4.79 Å². The Morgan fingerprint density at radius 1 is 0.950 bits per heavy atom. The summed E-state index contributed by atoms with van der Waals surface area (Å²) in [5.74, 6) is 0.824. The summed E-state index contributed by atoms with van der Waals surface area (Å²) in [6.07, 6.45) is 0. The number of rotatable bonds is 4. The molecule has 0 aliphatic heterocycles. The van der Waals surface area contributed by atoms with Gasteiger partial charge in [0.05, 0.1) is 0 Å². The van der Waals surface area contributed by atoms with Crippen LogP contribution in [0.5, 0.6) is 5.75 Å². The van der Waals surface area contributed by atoms with Gasteiger partial charge in [0.25, 0.3) is 0 Å². The van der Waals surface area contributed by atoms with Crippen molar-refractivity contribution in [3.63, 3.8) is 0 Å². The molecule has 0 aromatic heterocycles. The van der Waals surface area contributed by atoms with Crippen LogP contribution in [0.1, 0.15) is 32.6 Å². The molecule has 2 aromatic rings. The molecule has 0 N–H and O–H groups in total. The number of carbonyl (C=O) groups excluding carboxylic acids is 1. The first-order chi connectivity index (χ1) is 9.47. The number of hydrogen-bond donors (Lipinski definition) is 0. The van der Waals surface area contributed by atoms with E-state index in [9.17, 15) is 4.79 Å². The van der Waals surface area contributed by atoms with Crippen LogP contribution in [0.3, 0.4) is 0 Å². The first kappa shape index (κ1) is 14.3. The molecule has 0 atom stereocenters. The average Bonchev–Trinajstić information content (AvgIpc) is 2.37. The van der Waals surface area contributed by atoms with Gasteiger partial charge >= 0.3 is 0 Å². The average molecular weight is 268 g/mol. The van der Waals surface area contributed by atoms with Crippen molar-refractivity contribution in [3.8, 4) is 5.75 Å². The van der Waals surface area contributed by atoms with Crippen molar-refractivity contribution >= 4 is 5.78 Å². The molecule has 20 heavy (non-hydrogen) atoms. The molecular formula is C18H20O2. The van der Waals surface area contributed by atoms with Gasteiger partial charge in [-0.2, -0.15) is 0 Å². The third-order valence-electron chi connectivity index (χ3n) is 3.29. The summed E-state index contributed by atoms with van der Waals surface area (Å²) in [5, 5.41) is 0. The lowest BCUT2D eigenvalue weighted by Crippen LogP contribution is -2.13. The van der Waals surface area contributed by atoms with Gasteiger partial charge in [-0.15, -0.1) is 0 Å². The van der Waals surface area contributed by atoms with Crippen LogP contribution in [-0.2, 0) is 0 Å². The van der Waals surface area contributed by atoms with E-state index in [1.54, 1.807) is 0 Å². The van der Waals surface area contributed by atoms with Gasteiger partial charge in [-0.1, -0.05) is 41.5 Å². The molecule has 0 bridgehead atoms. The van der Waals surface area contributed by atoms with Gasteiger partial charge < -0.3 is 4.74 Å². The Bertz CT molecular complexity index is 619. The number of ether oxygens (including phenoxy) is 1. The SMILES string of the molecule is Cc1cccc(C(=O)COc2c(C)cc(C)cc2C)c1. The summed E-state index contributed by atoms with van der Waals surface area (Å²) in [5.41, 5.74) is 5.13. The summed E-state index contributed by atoms with van der Waals surface area (Å²) in [4.78, 5) is 12.1. The van der Waals surface area contributed by atoms with Crippen molar-refractivity contribution in [2.24, 2.45) is 0 Å². The normalized spacial score (nSPS) is 10.4. The molecule has 0 saturated heterocycles. The third-order valence-corrected chi connectivity index (χ3v) is 3.29. The highest BCUT2D eigenvalue weighted by molar-refractivity contribution is 5.97. The van der Waals surface area contributed by atoms with E-state index >= 15 is 0 Å². The van der Waals surface area contributed by atoms with Crippen LogP contribution in [0.2, 0.25) is 0 Å². The van der Waals surface area contributed by atoms with E-state index < -0.39 is 0 Å². The fourth-order valence-electron chi connectivity index (χ4n) is 2.43. The number of ketones is 1. The van der Waals surface area contributed by atoms with E-state index in [4.69, 9.17) is 4.74 Å². The lowest BCUT2D eigenvalue weighted by molar-refractivity contribution is 0.0920. The summed E-state index contributed by atoms with van der Waals surface area (Å²) in [6, 6.07) is 11.7. The molecule has 0 radical (unpaired) electrons. The van der Waals surface area contributed by atoms with E-state index in [1.165, 1.54) is 5.56 Å². The van der Waals surface area contributed by atoms with Crippen molar-refractivity contribution in [1.82, 2.24) is 0 Å². The lowest BCUT2D eigenvalue weighted by atomic mass is 10.1. The Hall–Kier alpha value is -2.09. The largest absolute Gasteiger partial charge is 0.485 e. The maximum absolute atomic E-state index is 12.1. The predicted molar refractivity (Wildman–Crippen MR) is 81.7 cm³/mol. The maximum Gasteiger partial charge on any atom is 0.200 e. The van der Waals surface area contributed by atoms with Crippen molar-refractivity contribution in [2.45, 2.75) is 27.7 Å². The van der Waals surface area contributed by atoms with Crippen LogP contribution in [0.25, 0.3) is 0 Å². The van der Waals surface area contributed by atoms with Gasteiger partial charge in [0.2, 0.25) is 0 Å². The second kappa shape index (κ2) is 5.91. The Morgan fingerprint density at radius 2 is 1.60 bits per heavy atom. The van der Waals surface area contributed by atoms with Gasteiger partial charge in [0, 0.05) is 5.56 Å². The molecular weight excluding hydrogens is 248 g/mol. The minimum atomic E-state index is 0.00748. The summed E-state index contributed by atoms with van der Waals surface area (Å²) in [6.45, 7) is 8.13. The Morgan fingerprint density at radius 3 is 2.20 bits per heavy atom. The Balaban J connectivity index is 2.11. The smallest absolute Gasteiger partial charge is 0.200 e. The molecule has 0 amide bonds. The zero-order valence-electron chi connectivity index (χ0n) is 12.5. The van der Waals surface area contributed by atoms with Crippen LogP contribution in [-0.4, -0.2) is 12.4 Å². The summed E-state index contributed by atoms with van der Waals surface area (Å²) < 4.78 is 5.73. The van der Waals surface area contributed by atoms with Crippen molar-refractivity contribution < 1.29 is 9.53 Å². The number of Topliss-reactive ketones (excluding diaryl/α,β-unsaturated/α-hetero) is 1. The second-order valence-electron chi connectivity index (χ2n) is 5.31. The zero-order valence-corrected chi connectivity index (χ0v) is 12.5. The molecule has 104 valence electrons. The van der Waals surface area contributed by atoms with Crippen LogP contribution in [0.15, 0.2) is 36.4 Å². The van der Waals surface area contributed by atoms with Crippen molar-refractivity contribution in [2.75, 3.05) is 6.61 Å². The first-order valence-corrected chi connectivity index (χ1v) is 6.78. The number of aryl methyl sites for hydroxylation is 4. The Kier molecular flexibility index (Phi) is 4.23. The molecule has 0 aliphatic carbocycles. The quantitative estimate of drug-likeness (QED) is 0.777. The summed E-state index contributed by atoms with van der Waals surface area (Å²) in [7, 11) is 0. The highest BCUT2D eigenvalue weighted by atomic mass is 16.5. The van der Waals surface area contributed by atoms with Crippen molar-refractivity contribution in [3.05, 3.63) is 64.2 Å². The van der Waals surface area contributed by atoms with E-state index in [2.05, 4.69) is 19.1 Å². The third kappa shape index (κ3) is 3.27. The van der Waals surface area contributed by atoms with Crippen LogP contribution in [0.4, 0.5) is 0 Å². The van der Waals surface area contributed by atoms with E-state index in [0.29, 0.717) is 5.56 Å². The van der Waals surface area contributed by atoms with Crippen LogP contribution >= 0.6 is 0 Å². The molecule has 0 aliphatic rings. The second-order valence-corrected chi connectivity index (χ2v) is 5.31. The van der Waals surface area contributed by atoms with Crippen LogP contribution in [0, 0.1) is 27.7 Å². The molecule has 2 nitrogen and oxygen atoms in total. The molecule has 2 aromatic carbocycles. The molecule has 2 rings (SSSR count). The minimum Gasteiger partial charge on any atom is -0.485 e. The van der Waals surface area contributed by atoms with E-state index in [1.807, 2.05) is 45.0 Å². The van der Waals surface area contributed by atoms with E-state index in [0.717, 1.165) is 22.4 Å². The molecule has 0 heterocycles. The lowest BCUT2D eigenvalue weighted by Gasteiger charge is -2.12. The van der Waals surface area contributed by atoms with E-state index in [-0.39, 0.29) is 12.4 Å². The molecule has 0 fully saturated rings. The molecule has 0 unspecified atom stereocenters. The van der Waals surface area contributed by atoms with Gasteiger partial charge in [0.1, 0.15) is 5.75 Å². The zero-order chi connectivity index (χ0) is 14.7. The fraction of sp³-hybridized carbons (Fsp3) is 0.278. The number of benzene rings is 2. The highest BCUT2D eigenvalue weighted by Gasteiger charge is 2.10. The van der Waals surface area contributed by atoms with Crippen molar-refractivity contribution in [1.29, 1.82) is 0 Å². The fourth-order valence-corrected chi connectivity index (χ4v) is 2.43. The highest BCUT2D eigenvalue weighted by Crippen LogP contribution is 2.24. The summed E-state index contributed by atoms with van der Waals surface area (Å²) >= 11 is 0. The minimum absolute atomic E-state index is 0.00748. The predicted octanol–water partition coefficient (Wildman–Crippen LogP) is 4.18. The first-order valence-electron chi connectivity index (χ1n) is 6.78. The van der Waals surface area contributed by atoms with Gasteiger partial charge in [-0.25, -0.2) is 0 Å². The Labute approximate surface area is 120 Å². The topological polar surface area (TPSA) is 26.3 Å². The number of hydrogen-bond acceptors (Lipinski definition) is 2.